The van der Waals surface area contributed by atoms with Gasteiger partial charge in [0.25, 0.3) is 5.56 Å². The Labute approximate surface area is 148 Å². The monoisotopic (exact) mass is 392 g/mol. The summed E-state index contributed by atoms with van der Waals surface area (Å²) in [5.41, 5.74) is 3.73. The van der Waals surface area contributed by atoms with Crippen molar-refractivity contribution in [2.45, 2.75) is 23.5 Å². The summed E-state index contributed by atoms with van der Waals surface area (Å²) in [5.74, 6) is -2.26. The number of rotatable bonds is 4. The summed E-state index contributed by atoms with van der Waals surface area (Å²) in [5, 5.41) is 5.34. The lowest BCUT2D eigenvalue weighted by Gasteiger charge is -2.14. The van der Waals surface area contributed by atoms with Crippen LogP contribution in [0.15, 0.2) is 14.7 Å². The fourth-order valence-corrected chi connectivity index (χ4v) is 3.04. The molecule has 0 aromatic carbocycles. The maximum Gasteiger partial charge on any atom is 0.451 e. The highest BCUT2D eigenvalue weighted by molar-refractivity contribution is 8.00. The minimum absolute atomic E-state index is 0.154. The second kappa shape index (κ2) is 6.63. The van der Waals surface area contributed by atoms with Gasteiger partial charge in [0.15, 0.2) is 10.9 Å². The van der Waals surface area contributed by atoms with E-state index in [2.05, 4.69) is 10.2 Å². The average molecular weight is 392 g/mol. The first-order valence-electron chi connectivity index (χ1n) is 7.10. The Bertz CT molecular complexity index is 991. The Morgan fingerprint density at radius 2 is 1.69 bits per heavy atom. The number of Topliss-reactive ketones (excluding diaryl/α,β-unsaturated/α-hetero) is 1. The Morgan fingerprint density at radius 3 is 2.19 bits per heavy atom. The van der Waals surface area contributed by atoms with E-state index in [-0.39, 0.29) is 11.0 Å². The van der Waals surface area contributed by atoms with Crippen LogP contribution in [-0.4, -0.2) is 34.9 Å². The highest BCUT2D eigenvalue weighted by atomic mass is 32.2. The number of alkyl halides is 3. The first-order valence-corrected chi connectivity index (χ1v) is 7.98. The number of anilines is 1. The van der Waals surface area contributed by atoms with Crippen molar-refractivity contribution >= 4 is 23.4 Å². The zero-order valence-electron chi connectivity index (χ0n) is 14.2. The Morgan fingerprint density at radius 1 is 1.12 bits per heavy atom. The second-order valence-corrected chi connectivity index (χ2v) is 6.76. The first-order chi connectivity index (χ1) is 11.9. The first kappa shape index (κ1) is 19.8. The molecule has 0 aliphatic rings. The molecular weight excluding hydrogens is 377 g/mol. The number of carbonyl (C=O) groups is 1. The maximum absolute atomic E-state index is 12.8. The van der Waals surface area contributed by atoms with E-state index in [4.69, 9.17) is 5.73 Å². The predicted octanol–water partition coefficient (Wildman–Crippen LogP) is 0.177. The average Bonchev–Trinajstić information content (AvgIpc) is 2.92. The molecule has 1 unspecified atom stereocenters. The molecule has 2 N–H and O–H groups in total. The maximum atomic E-state index is 12.8. The van der Waals surface area contributed by atoms with Gasteiger partial charge < -0.3 is 10.3 Å². The van der Waals surface area contributed by atoms with Gasteiger partial charge in [0.05, 0.1) is 5.25 Å². The summed E-state index contributed by atoms with van der Waals surface area (Å²) in [6, 6.07) is 0. The van der Waals surface area contributed by atoms with Crippen molar-refractivity contribution in [3.05, 3.63) is 32.2 Å². The van der Waals surface area contributed by atoms with Gasteiger partial charge in [0, 0.05) is 21.1 Å². The molecule has 2 heterocycles. The number of nitrogens with zero attached hydrogens (tertiary/aromatic N) is 5. The number of nitrogen functional groups attached to an aromatic ring is 1. The van der Waals surface area contributed by atoms with Crippen molar-refractivity contribution in [3.63, 3.8) is 0 Å². The third-order valence-corrected chi connectivity index (χ3v) is 4.83. The Balaban J connectivity index is 2.40. The molecule has 0 saturated carbocycles. The topological polar surface area (TPSA) is 118 Å². The Kier molecular flexibility index (Phi) is 5.03. The van der Waals surface area contributed by atoms with Crippen LogP contribution in [0.3, 0.4) is 0 Å². The van der Waals surface area contributed by atoms with Gasteiger partial charge in [-0.3, -0.25) is 18.7 Å². The highest BCUT2D eigenvalue weighted by Gasteiger charge is 2.38. The third-order valence-electron chi connectivity index (χ3n) is 3.70. The molecule has 0 radical (unpaired) electrons. The number of halogens is 3. The molecule has 2 aromatic rings. The molecule has 1 atom stereocenters. The van der Waals surface area contributed by atoms with E-state index in [0.717, 1.165) is 16.2 Å². The summed E-state index contributed by atoms with van der Waals surface area (Å²) < 4.78 is 40.7. The van der Waals surface area contributed by atoms with Gasteiger partial charge in [0.1, 0.15) is 11.4 Å². The van der Waals surface area contributed by atoms with Crippen molar-refractivity contribution in [1.82, 2.24) is 23.9 Å². The quantitative estimate of drug-likeness (QED) is 0.582. The molecule has 0 aliphatic carbocycles. The van der Waals surface area contributed by atoms with Gasteiger partial charge in [-0.15, -0.1) is 10.2 Å². The number of nitrogens with two attached hydrogens (primary N) is 1. The van der Waals surface area contributed by atoms with E-state index in [9.17, 15) is 27.6 Å². The van der Waals surface area contributed by atoms with Crippen LogP contribution in [0.25, 0.3) is 0 Å². The zero-order chi connectivity index (χ0) is 20.0. The molecule has 0 spiro atoms. The van der Waals surface area contributed by atoms with Gasteiger partial charge in [-0.2, -0.15) is 13.2 Å². The minimum Gasteiger partial charge on any atom is -0.384 e. The molecule has 0 bridgehead atoms. The smallest absolute Gasteiger partial charge is 0.384 e. The van der Waals surface area contributed by atoms with Gasteiger partial charge in [0.2, 0.25) is 5.82 Å². The lowest BCUT2D eigenvalue weighted by molar-refractivity contribution is -0.147. The lowest BCUT2D eigenvalue weighted by Crippen LogP contribution is -2.42. The number of aromatic nitrogens is 5. The molecule has 2 aromatic heterocycles. The molecule has 2 rings (SSSR count). The van der Waals surface area contributed by atoms with Gasteiger partial charge in [-0.05, 0) is 6.92 Å². The van der Waals surface area contributed by atoms with Crippen molar-refractivity contribution in [3.8, 4) is 0 Å². The van der Waals surface area contributed by atoms with Crippen LogP contribution in [-0.2, 0) is 27.3 Å². The highest BCUT2D eigenvalue weighted by Crippen LogP contribution is 2.31. The van der Waals surface area contributed by atoms with Crippen LogP contribution in [0.2, 0.25) is 0 Å². The Hall–Kier alpha value is -2.57. The fourth-order valence-electron chi connectivity index (χ4n) is 2.17. The lowest BCUT2D eigenvalue weighted by atomic mass is 10.1. The zero-order valence-corrected chi connectivity index (χ0v) is 15.0. The van der Waals surface area contributed by atoms with Crippen molar-refractivity contribution < 1.29 is 18.0 Å². The summed E-state index contributed by atoms with van der Waals surface area (Å²) in [6.45, 7) is 1.39. The van der Waals surface area contributed by atoms with Gasteiger partial charge >= 0.3 is 11.9 Å². The third kappa shape index (κ3) is 3.25. The summed E-state index contributed by atoms with van der Waals surface area (Å²) in [4.78, 5) is 36.6. The number of hydrogen-bond acceptors (Lipinski definition) is 7. The standard InChI is InChI=1S/C13H15F3N6O3S/c1-5(26-11-19-18-10(22(11)4)13(14,15)16)7(23)6-8(17)20(2)12(25)21(3)9(6)24/h5H,17H2,1-4H3. The van der Waals surface area contributed by atoms with E-state index in [0.29, 0.717) is 16.3 Å². The molecular formula is C13H15F3N6O3S. The molecule has 13 heteroatoms. The van der Waals surface area contributed by atoms with E-state index in [1.807, 2.05) is 0 Å². The molecule has 0 saturated heterocycles. The van der Waals surface area contributed by atoms with Crippen LogP contribution in [0.5, 0.6) is 0 Å². The van der Waals surface area contributed by atoms with Crippen LogP contribution < -0.4 is 17.0 Å². The van der Waals surface area contributed by atoms with Crippen LogP contribution >= 0.6 is 11.8 Å². The van der Waals surface area contributed by atoms with E-state index in [1.165, 1.54) is 21.0 Å². The van der Waals surface area contributed by atoms with Crippen LogP contribution in [0.1, 0.15) is 23.1 Å². The molecule has 26 heavy (non-hydrogen) atoms. The molecule has 9 nitrogen and oxygen atoms in total. The van der Waals surface area contributed by atoms with Crippen molar-refractivity contribution in [1.29, 1.82) is 0 Å². The number of carbonyl (C=O) groups excluding carboxylic acids is 1. The van der Waals surface area contributed by atoms with Crippen LogP contribution in [0.4, 0.5) is 19.0 Å². The largest absolute Gasteiger partial charge is 0.451 e. The number of thioether (sulfide) groups is 1. The van der Waals surface area contributed by atoms with E-state index < -0.39 is 39.8 Å². The molecule has 0 fully saturated rings. The van der Waals surface area contributed by atoms with Gasteiger partial charge in [-0.25, -0.2) is 4.79 Å². The molecule has 0 aliphatic heterocycles. The van der Waals surface area contributed by atoms with E-state index >= 15 is 0 Å². The molecule has 142 valence electrons. The fraction of sp³-hybridized carbons (Fsp3) is 0.462. The summed E-state index contributed by atoms with van der Waals surface area (Å²) >= 11 is 0.692. The summed E-state index contributed by atoms with van der Waals surface area (Å²) in [7, 11) is 3.60. The van der Waals surface area contributed by atoms with Crippen molar-refractivity contribution in [2.24, 2.45) is 21.1 Å². The minimum atomic E-state index is -4.69. The van der Waals surface area contributed by atoms with Gasteiger partial charge in [-0.1, -0.05) is 11.8 Å². The predicted molar refractivity (Wildman–Crippen MR) is 87.0 cm³/mol. The normalized spacial score (nSPS) is 13.0. The second-order valence-electron chi connectivity index (χ2n) is 5.45. The van der Waals surface area contributed by atoms with Crippen LogP contribution in [0, 0.1) is 0 Å². The molecule has 0 amide bonds. The summed E-state index contributed by atoms with van der Waals surface area (Å²) in [6.07, 6.45) is -4.69. The van der Waals surface area contributed by atoms with Crippen molar-refractivity contribution in [2.75, 3.05) is 5.73 Å². The number of ketones is 1. The SMILES string of the molecule is CC(Sc1nnc(C(F)(F)F)n1C)C(=O)c1c(N)n(C)c(=O)n(C)c1=O. The number of hydrogen-bond donors (Lipinski definition) is 1. The van der Waals surface area contributed by atoms with E-state index in [1.54, 1.807) is 0 Å².